The number of benzene rings is 2. The highest BCUT2D eigenvalue weighted by atomic mass is 16.1. The van der Waals surface area contributed by atoms with Crippen molar-refractivity contribution in [2.24, 2.45) is 0 Å². The second-order valence-electron chi connectivity index (χ2n) is 4.87. The minimum atomic E-state index is 0.185. The predicted octanol–water partition coefficient (Wildman–Crippen LogP) is 4.14. The van der Waals surface area contributed by atoms with Crippen LogP contribution in [0.1, 0.15) is 28.8 Å². The second-order valence-corrected chi connectivity index (χ2v) is 4.87. The SMILES string of the molecule is O=C1C2=C(CCC=C2)c2cccc3cccc1c23. The molecule has 0 atom stereocenters. The lowest BCUT2D eigenvalue weighted by Gasteiger charge is -2.23. The smallest absolute Gasteiger partial charge is 0.193 e. The molecule has 1 nitrogen and oxygen atoms in total. The van der Waals surface area contributed by atoms with E-state index in [4.69, 9.17) is 0 Å². The topological polar surface area (TPSA) is 17.1 Å². The molecule has 0 unspecified atom stereocenters. The highest BCUT2D eigenvalue weighted by Gasteiger charge is 2.26. The zero-order chi connectivity index (χ0) is 12.1. The third kappa shape index (κ3) is 1.14. The van der Waals surface area contributed by atoms with E-state index in [0.717, 1.165) is 29.4 Å². The molecule has 0 bridgehead atoms. The summed E-state index contributed by atoms with van der Waals surface area (Å²) in [7, 11) is 0. The molecule has 0 heterocycles. The van der Waals surface area contributed by atoms with Crippen molar-refractivity contribution >= 4 is 22.1 Å². The Hall–Kier alpha value is -2.15. The molecular formula is C17H12O. The summed E-state index contributed by atoms with van der Waals surface area (Å²) in [4.78, 5) is 12.5. The maximum Gasteiger partial charge on any atom is 0.193 e. The van der Waals surface area contributed by atoms with Gasteiger partial charge >= 0.3 is 0 Å². The van der Waals surface area contributed by atoms with E-state index in [1.54, 1.807) is 0 Å². The molecule has 2 aromatic carbocycles. The van der Waals surface area contributed by atoms with Crippen molar-refractivity contribution in [2.45, 2.75) is 12.8 Å². The Labute approximate surface area is 105 Å². The fourth-order valence-corrected chi connectivity index (χ4v) is 3.08. The molecule has 0 saturated heterocycles. The van der Waals surface area contributed by atoms with Gasteiger partial charge in [-0.15, -0.1) is 0 Å². The second kappa shape index (κ2) is 3.42. The largest absolute Gasteiger partial charge is 0.289 e. The summed E-state index contributed by atoms with van der Waals surface area (Å²) in [5.41, 5.74) is 4.23. The van der Waals surface area contributed by atoms with Crippen LogP contribution < -0.4 is 0 Å². The normalized spacial score (nSPS) is 17.2. The number of allylic oxidation sites excluding steroid dienone is 4. The number of hydrogen-bond donors (Lipinski definition) is 0. The van der Waals surface area contributed by atoms with Crippen LogP contribution in [-0.2, 0) is 0 Å². The van der Waals surface area contributed by atoms with Crippen molar-refractivity contribution in [3.8, 4) is 0 Å². The van der Waals surface area contributed by atoms with E-state index < -0.39 is 0 Å². The van der Waals surface area contributed by atoms with Crippen molar-refractivity contribution in [3.63, 3.8) is 0 Å². The van der Waals surface area contributed by atoms with Crippen molar-refractivity contribution in [3.05, 3.63) is 65.3 Å². The molecule has 0 spiro atoms. The number of rotatable bonds is 0. The maximum atomic E-state index is 12.5. The average molecular weight is 232 g/mol. The average Bonchev–Trinajstić information content (AvgIpc) is 2.44. The summed E-state index contributed by atoms with van der Waals surface area (Å²) in [5, 5.41) is 2.30. The molecule has 18 heavy (non-hydrogen) atoms. The van der Waals surface area contributed by atoms with Gasteiger partial charge in [0.1, 0.15) is 0 Å². The van der Waals surface area contributed by atoms with Crippen LogP contribution in [0.5, 0.6) is 0 Å². The Balaban J connectivity index is 2.19. The third-order valence-electron chi connectivity index (χ3n) is 3.89. The molecule has 0 radical (unpaired) electrons. The first kappa shape index (κ1) is 9.84. The van der Waals surface area contributed by atoms with Gasteiger partial charge in [-0.2, -0.15) is 0 Å². The van der Waals surface area contributed by atoms with Crippen LogP contribution in [0.4, 0.5) is 0 Å². The first-order chi connectivity index (χ1) is 8.86. The molecule has 1 heteroatoms. The lowest BCUT2D eigenvalue weighted by Crippen LogP contribution is -2.13. The molecule has 2 aliphatic carbocycles. The maximum absolute atomic E-state index is 12.5. The van der Waals surface area contributed by atoms with Crippen LogP contribution in [0, 0.1) is 0 Å². The van der Waals surface area contributed by atoms with Crippen LogP contribution >= 0.6 is 0 Å². The van der Waals surface area contributed by atoms with Crippen LogP contribution in [0.15, 0.2) is 54.1 Å². The Morgan fingerprint density at radius 1 is 0.944 bits per heavy atom. The van der Waals surface area contributed by atoms with E-state index in [-0.39, 0.29) is 5.78 Å². The molecule has 0 aliphatic heterocycles. The molecular weight excluding hydrogens is 220 g/mol. The summed E-state index contributed by atoms with van der Waals surface area (Å²) in [6.45, 7) is 0. The molecule has 4 rings (SSSR count). The van der Waals surface area contributed by atoms with Crippen LogP contribution in [0.2, 0.25) is 0 Å². The van der Waals surface area contributed by atoms with E-state index in [2.05, 4.69) is 30.3 Å². The van der Waals surface area contributed by atoms with Gasteiger partial charge in [0.25, 0.3) is 0 Å². The number of Topliss-reactive ketones (excluding diaryl/α,β-unsaturated/α-hetero) is 1. The van der Waals surface area contributed by atoms with Gasteiger partial charge in [0.2, 0.25) is 0 Å². The first-order valence-corrected chi connectivity index (χ1v) is 6.33. The van der Waals surface area contributed by atoms with Crippen molar-refractivity contribution < 1.29 is 4.79 Å². The fraction of sp³-hybridized carbons (Fsp3) is 0.118. The van der Waals surface area contributed by atoms with Gasteiger partial charge in [0, 0.05) is 16.5 Å². The van der Waals surface area contributed by atoms with Crippen LogP contribution in [0.3, 0.4) is 0 Å². The standard InChI is InChI=1S/C17H12O/c18-17-14-8-2-1-7-12(14)13-9-3-5-11-6-4-10-15(17)16(11)13/h2-6,8-10H,1,7H2. The fourth-order valence-electron chi connectivity index (χ4n) is 3.08. The minimum Gasteiger partial charge on any atom is -0.289 e. The van der Waals surface area contributed by atoms with E-state index in [0.29, 0.717) is 0 Å². The Morgan fingerprint density at radius 2 is 1.72 bits per heavy atom. The van der Waals surface area contributed by atoms with Gasteiger partial charge in [-0.05, 0) is 29.4 Å². The molecule has 2 aromatic rings. The number of hydrogen-bond acceptors (Lipinski definition) is 1. The molecule has 0 amide bonds. The summed E-state index contributed by atoms with van der Waals surface area (Å²) in [6.07, 6.45) is 6.11. The highest BCUT2D eigenvalue weighted by molar-refractivity contribution is 6.26. The van der Waals surface area contributed by atoms with Gasteiger partial charge in [0.05, 0.1) is 0 Å². The third-order valence-corrected chi connectivity index (χ3v) is 3.89. The van der Waals surface area contributed by atoms with Gasteiger partial charge in [-0.1, -0.05) is 48.6 Å². The zero-order valence-corrected chi connectivity index (χ0v) is 9.94. The molecule has 86 valence electrons. The Morgan fingerprint density at radius 3 is 2.56 bits per heavy atom. The molecule has 0 fully saturated rings. The van der Waals surface area contributed by atoms with Gasteiger partial charge in [-0.3, -0.25) is 4.79 Å². The number of carbonyl (C=O) groups is 1. The lowest BCUT2D eigenvalue weighted by molar-refractivity contribution is 0.103. The summed E-state index contributed by atoms with van der Waals surface area (Å²) >= 11 is 0. The van der Waals surface area contributed by atoms with E-state index in [1.807, 2.05) is 18.2 Å². The minimum absolute atomic E-state index is 0.185. The zero-order valence-electron chi connectivity index (χ0n) is 9.94. The van der Waals surface area contributed by atoms with E-state index >= 15 is 0 Å². The van der Waals surface area contributed by atoms with Crippen LogP contribution in [0.25, 0.3) is 16.3 Å². The molecule has 0 aromatic heterocycles. The van der Waals surface area contributed by atoms with Crippen molar-refractivity contribution in [1.29, 1.82) is 0 Å². The van der Waals surface area contributed by atoms with Crippen LogP contribution in [-0.4, -0.2) is 5.78 Å². The van der Waals surface area contributed by atoms with E-state index in [9.17, 15) is 4.79 Å². The van der Waals surface area contributed by atoms with E-state index in [1.165, 1.54) is 16.5 Å². The highest BCUT2D eigenvalue weighted by Crippen LogP contribution is 2.40. The van der Waals surface area contributed by atoms with Crippen molar-refractivity contribution in [2.75, 3.05) is 0 Å². The monoisotopic (exact) mass is 232 g/mol. The quantitative estimate of drug-likeness (QED) is 0.667. The molecule has 0 N–H and O–H groups in total. The summed E-state index contributed by atoms with van der Waals surface area (Å²) < 4.78 is 0. The number of ketones is 1. The molecule has 2 aliphatic rings. The first-order valence-electron chi connectivity index (χ1n) is 6.33. The number of fused-ring (bicyclic) bond motifs is 1. The predicted molar refractivity (Wildman–Crippen MR) is 73.6 cm³/mol. The van der Waals surface area contributed by atoms with Crippen molar-refractivity contribution in [1.82, 2.24) is 0 Å². The van der Waals surface area contributed by atoms with Gasteiger partial charge in [-0.25, -0.2) is 0 Å². The lowest BCUT2D eigenvalue weighted by atomic mass is 9.79. The molecule has 0 saturated carbocycles. The van der Waals surface area contributed by atoms with Gasteiger partial charge in [0.15, 0.2) is 5.78 Å². The summed E-state index contributed by atoms with van der Waals surface area (Å²) in [6, 6.07) is 12.3. The Kier molecular flexibility index (Phi) is 1.87. The Bertz CT molecular complexity index is 742. The summed E-state index contributed by atoms with van der Waals surface area (Å²) in [5.74, 6) is 0.185. The number of carbonyl (C=O) groups excluding carboxylic acids is 1. The van der Waals surface area contributed by atoms with Gasteiger partial charge < -0.3 is 0 Å².